The molecule has 2 N–H and O–H groups in total. The number of methoxy groups -OCH3 is 2. The summed E-state index contributed by atoms with van der Waals surface area (Å²) in [6, 6.07) is 16.5. The third-order valence-electron chi connectivity index (χ3n) is 7.96. The van der Waals surface area contributed by atoms with Crippen LogP contribution in [-0.4, -0.2) is 114 Å². The second-order valence-corrected chi connectivity index (χ2v) is 11.5. The lowest BCUT2D eigenvalue weighted by molar-refractivity contribution is -0.118. The van der Waals surface area contributed by atoms with Crippen LogP contribution in [0.15, 0.2) is 54.6 Å². The molecule has 1 aliphatic heterocycles. The third-order valence-corrected chi connectivity index (χ3v) is 8.33. The minimum atomic E-state index is -0.578. The van der Waals surface area contributed by atoms with Crippen LogP contribution in [-0.2, 0) is 30.4 Å². The summed E-state index contributed by atoms with van der Waals surface area (Å²) in [5, 5.41) is 6.76. The Hall–Kier alpha value is -4.59. The second-order valence-electron chi connectivity index (χ2n) is 11.2. The van der Waals surface area contributed by atoms with Crippen LogP contribution in [0.2, 0.25) is 0 Å². The molecule has 13 nitrogen and oxygen atoms in total. The van der Waals surface area contributed by atoms with Crippen LogP contribution in [0.1, 0.15) is 17.0 Å². The predicted molar refractivity (Wildman–Crippen MR) is 183 cm³/mol. The summed E-state index contributed by atoms with van der Waals surface area (Å²) < 4.78 is 22.1. The molecule has 48 heavy (non-hydrogen) atoms. The molecule has 4 amide bonds. The Morgan fingerprint density at radius 1 is 0.938 bits per heavy atom. The lowest BCUT2D eigenvalue weighted by Crippen LogP contribution is -2.44. The van der Waals surface area contributed by atoms with Crippen LogP contribution in [0.25, 0.3) is 10.8 Å². The minimum Gasteiger partial charge on any atom is -0.445 e. The molecule has 0 spiro atoms. The van der Waals surface area contributed by atoms with Crippen molar-refractivity contribution < 1.29 is 38.1 Å². The maximum atomic E-state index is 13.6. The highest BCUT2D eigenvalue weighted by Gasteiger charge is 2.30. The Bertz CT molecular complexity index is 1560. The first-order valence-electron chi connectivity index (χ1n) is 15.5. The number of amides is 4. The number of benzene rings is 3. The molecule has 258 valence electrons. The molecule has 3 aromatic carbocycles. The maximum absolute atomic E-state index is 13.6. The molecule has 0 saturated carbocycles. The van der Waals surface area contributed by atoms with Gasteiger partial charge in [0.05, 0.1) is 19.8 Å². The van der Waals surface area contributed by atoms with Gasteiger partial charge in [-0.3, -0.25) is 9.59 Å². The van der Waals surface area contributed by atoms with Crippen LogP contribution >= 0.6 is 11.6 Å². The standard InChI is InChI=1S/C34H42ClN5O8/c1-38-21-25(19-35)32-28-7-5-4-6-27(28)30(18-29(32)38)48-34(44)40(15-17-46-3)13-12-39(14-16-45-2)33(43)47-22-24-8-10-26(11-9-24)37-31(42)20-36-23-41/h4-11,18,23,25H,12-17,19-22H2,1-3H3,(H,36,41)(H,37,42)/t25-/m1/s1. The Morgan fingerprint density at radius 2 is 1.58 bits per heavy atom. The summed E-state index contributed by atoms with van der Waals surface area (Å²) in [4.78, 5) is 54.0. The van der Waals surface area contributed by atoms with E-state index in [4.69, 9.17) is 30.5 Å². The van der Waals surface area contributed by atoms with E-state index < -0.39 is 12.2 Å². The van der Waals surface area contributed by atoms with Crippen molar-refractivity contribution >= 4 is 58.3 Å². The summed E-state index contributed by atoms with van der Waals surface area (Å²) in [6.45, 7) is 1.97. The molecule has 1 atom stereocenters. The average Bonchev–Trinajstić information content (AvgIpc) is 3.43. The molecule has 14 heteroatoms. The fraction of sp³-hybridized carbons (Fsp3) is 0.412. The van der Waals surface area contributed by atoms with Gasteiger partial charge in [0.2, 0.25) is 12.3 Å². The fourth-order valence-corrected chi connectivity index (χ4v) is 5.73. The largest absolute Gasteiger partial charge is 0.445 e. The number of fused-ring (bicyclic) bond motifs is 3. The number of ether oxygens (including phenoxy) is 4. The Kier molecular flexibility index (Phi) is 13.7. The predicted octanol–water partition coefficient (Wildman–Crippen LogP) is 4.03. The van der Waals surface area contributed by atoms with Crippen LogP contribution in [0.4, 0.5) is 21.0 Å². The van der Waals surface area contributed by atoms with E-state index in [2.05, 4.69) is 15.5 Å². The number of hydrogen-bond donors (Lipinski definition) is 2. The summed E-state index contributed by atoms with van der Waals surface area (Å²) in [7, 11) is 5.08. The van der Waals surface area contributed by atoms with Gasteiger partial charge in [0.25, 0.3) is 0 Å². The van der Waals surface area contributed by atoms with Crippen LogP contribution in [0, 0.1) is 0 Å². The fourth-order valence-electron chi connectivity index (χ4n) is 5.48. The zero-order valence-electron chi connectivity index (χ0n) is 27.4. The van der Waals surface area contributed by atoms with Crippen LogP contribution < -0.4 is 20.3 Å². The van der Waals surface area contributed by atoms with Crippen molar-refractivity contribution in [1.29, 1.82) is 0 Å². The molecule has 0 radical (unpaired) electrons. The van der Waals surface area contributed by atoms with Crippen molar-refractivity contribution in [2.45, 2.75) is 12.5 Å². The van der Waals surface area contributed by atoms with Crippen molar-refractivity contribution in [3.8, 4) is 5.75 Å². The number of rotatable bonds is 17. The van der Waals surface area contributed by atoms with E-state index in [1.54, 1.807) is 31.4 Å². The number of nitrogens with zero attached hydrogens (tertiary/aromatic N) is 3. The zero-order valence-corrected chi connectivity index (χ0v) is 28.2. The van der Waals surface area contributed by atoms with Crippen molar-refractivity contribution in [2.24, 2.45) is 0 Å². The number of anilines is 2. The van der Waals surface area contributed by atoms with Gasteiger partial charge in [0.1, 0.15) is 12.4 Å². The van der Waals surface area contributed by atoms with Crippen molar-refractivity contribution in [2.75, 3.05) is 89.8 Å². The molecule has 0 bridgehead atoms. The van der Waals surface area contributed by atoms with Gasteiger partial charge >= 0.3 is 12.2 Å². The second kappa shape index (κ2) is 18.1. The van der Waals surface area contributed by atoms with E-state index in [1.807, 2.05) is 37.4 Å². The first kappa shape index (κ1) is 36.2. The zero-order chi connectivity index (χ0) is 34.5. The molecule has 0 aromatic heterocycles. The van der Waals surface area contributed by atoms with E-state index in [0.717, 1.165) is 28.6 Å². The molecular weight excluding hydrogens is 642 g/mol. The summed E-state index contributed by atoms with van der Waals surface area (Å²) in [5.41, 5.74) is 3.36. The average molecular weight is 684 g/mol. The first-order chi connectivity index (χ1) is 23.3. The number of alkyl halides is 1. The first-order valence-corrected chi connectivity index (χ1v) is 16.1. The van der Waals surface area contributed by atoms with Gasteiger partial charge in [-0.15, -0.1) is 11.6 Å². The van der Waals surface area contributed by atoms with E-state index in [-0.39, 0.29) is 64.4 Å². The summed E-state index contributed by atoms with van der Waals surface area (Å²) >= 11 is 6.32. The highest BCUT2D eigenvalue weighted by Crippen LogP contribution is 2.44. The molecule has 0 saturated heterocycles. The van der Waals surface area contributed by atoms with Gasteiger partial charge in [-0.2, -0.15) is 0 Å². The number of nitrogens with one attached hydrogen (secondary N) is 2. The van der Waals surface area contributed by atoms with Crippen molar-refractivity contribution in [3.05, 3.63) is 65.7 Å². The lowest BCUT2D eigenvalue weighted by Gasteiger charge is -2.27. The molecule has 4 rings (SSSR count). The minimum absolute atomic E-state index is 0.0108. The molecule has 1 aliphatic rings. The molecule has 0 fully saturated rings. The quantitative estimate of drug-likeness (QED) is 0.160. The topological polar surface area (TPSA) is 139 Å². The lowest BCUT2D eigenvalue weighted by atomic mass is 9.95. The number of halogens is 1. The molecule has 0 aliphatic carbocycles. The van der Waals surface area contributed by atoms with Crippen molar-refractivity contribution in [3.63, 3.8) is 0 Å². The van der Waals surface area contributed by atoms with Gasteiger partial charge < -0.3 is 44.3 Å². The summed E-state index contributed by atoms with van der Waals surface area (Å²) in [6.07, 6.45) is -0.699. The van der Waals surface area contributed by atoms with Gasteiger partial charge in [0, 0.05) is 88.6 Å². The van der Waals surface area contributed by atoms with Crippen LogP contribution in [0.5, 0.6) is 5.75 Å². The highest BCUT2D eigenvalue weighted by atomic mass is 35.5. The van der Waals surface area contributed by atoms with E-state index in [0.29, 0.717) is 29.3 Å². The van der Waals surface area contributed by atoms with E-state index in [9.17, 15) is 19.2 Å². The Balaban J connectivity index is 1.42. The van der Waals surface area contributed by atoms with Gasteiger partial charge in [-0.05, 0) is 28.6 Å². The molecule has 0 unspecified atom stereocenters. The molecule has 1 heterocycles. The monoisotopic (exact) mass is 683 g/mol. The number of hydrogen-bond acceptors (Lipinski definition) is 9. The smallest absolute Gasteiger partial charge is 0.415 e. The Labute approximate surface area is 285 Å². The SMILES string of the molecule is COCCN(CCN(CCOC)C(=O)Oc1cc2c(c3ccccc13)[C@H](CCl)CN2C)C(=O)OCc1ccc(NC(=O)CNC=O)cc1. The van der Waals surface area contributed by atoms with Gasteiger partial charge in [-0.1, -0.05) is 36.4 Å². The van der Waals surface area contributed by atoms with E-state index >= 15 is 0 Å². The Morgan fingerprint density at radius 3 is 2.21 bits per heavy atom. The molecule has 3 aromatic rings. The normalized spacial score (nSPS) is 13.5. The van der Waals surface area contributed by atoms with Gasteiger partial charge in [-0.25, -0.2) is 9.59 Å². The van der Waals surface area contributed by atoms with E-state index in [1.165, 1.54) is 16.9 Å². The third kappa shape index (κ3) is 9.49. The van der Waals surface area contributed by atoms with Crippen LogP contribution in [0.3, 0.4) is 0 Å². The molecular formula is C34H42ClN5O8. The number of carbonyl (C=O) groups is 4. The highest BCUT2D eigenvalue weighted by molar-refractivity contribution is 6.18. The number of likely N-dealkylation sites (N-methyl/N-ethyl adjacent to an activating group) is 1. The summed E-state index contributed by atoms with van der Waals surface area (Å²) in [5.74, 6) is 0.730. The van der Waals surface area contributed by atoms with Gasteiger partial charge in [0.15, 0.2) is 0 Å². The maximum Gasteiger partial charge on any atom is 0.415 e. The number of carbonyl (C=O) groups excluding carboxylic acids is 4. The van der Waals surface area contributed by atoms with Crippen molar-refractivity contribution in [1.82, 2.24) is 15.1 Å².